The van der Waals surface area contributed by atoms with Gasteiger partial charge in [-0.2, -0.15) is 0 Å². The fraction of sp³-hybridized carbons (Fsp3) is 0.800. The Balaban J connectivity index is 2.72. The average Bonchev–Trinajstić information content (AvgIpc) is 1.66. The van der Waals surface area contributed by atoms with Crippen LogP contribution in [0.15, 0.2) is 0 Å². The molecule has 0 fully saturated rings. The maximum absolute atomic E-state index is 8.49. The van der Waals surface area contributed by atoms with Gasteiger partial charge in [-0.05, 0) is 6.92 Å². The van der Waals surface area contributed by atoms with Crippen LogP contribution in [-0.4, -0.2) is 30.0 Å². The van der Waals surface area contributed by atoms with Crippen LogP contribution in [0.3, 0.4) is 0 Å². The van der Waals surface area contributed by atoms with Gasteiger partial charge in [-0.15, -0.1) is 0 Å². The van der Waals surface area contributed by atoms with Gasteiger partial charge < -0.3 is 14.9 Å². The van der Waals surface area contributed by atoms with Crippen LogP contribution < -0.4 is 0 Å². The summed E-state index contributed by atoms with van der Waals surface area (Å²) in [5.74, 6) is 0. The molecule has 0 bridgehead atoms. The molecule has 1 radical (unpaired) electrons. The first-order valence-corrected chi connectivity index (χ1v) is 2.47. The molecule has 0 saturated carbocycles. The summed E-state index contributed by atoms with van der Waals surface area (Å²) >= 11 is 0. The lowest BCUT2D eigenvalue weighted by Gasteiger charge is -2.01. The lowest BCUT2D eigenvalue weighted by atomic mass is 10.4. The Morgan fingerprint density at radius 1 is 1.62 bits per heavy atom. The predicted molar refractivity (Wildman–Crippen MR) is 28.8 cm³/mol. The van der Waals surface area contributed by atoms with Crippen LogP contribution in [0.4, 0.5) is 0 Å². The Hall–Kier alpha value is -0.120. The van der Waals surface area contributed by atoms with Crippen LogP contribution >= 0.6 is 0 Å². The number of aliphatic hydroxyl groups is 2. The number of hydrogen-bond acceptors (Lipinski definition) is 3. The molecule has 0 aliphatic rings. The van der Waals surface area contributed by atoms with Crippen LogP contribution in [0, 0.1) is 6.10 Å². The van der Waals surface area contributed by atoms with Crippen LogP contribution in [0.5, 0.6) is 0 Å². The van der Waals surface area contributed by atoms with Crippen molar-refractivity contribution in [2.45, 2.75) is 6.92 Å². The van der Waals surface area contributed by atoms with Crippen molar-refractivity contribution in [2.75, 3.05) is 19.8 Å². The maximum atomic E-state index is 8.49. The van der Waals surface area contributed by atoms with Gasteiger partial charge in [-0.25, -0.2) is 0 Å². The molecule has 8 heavy (non-hydrogen) atoms. The molecule has 0 unspecified atom stereocenters. The highest BCUT2D eigenvalue weighted by molar-refractivity contribution is 4.64. The van der Waals surface area contributed by atoms with Crippen molar-refractivity contribution < 1.29 is 14.9 Å². The SMILES string of the molecule is C[C](O)COCCO. The van der Waals surface area contributed by atoms with Gasteiger partial charge in [0.25, 0.3) is 0 Å². The molecule has 3 heteroatoms. The Labute approximate surface area is 48.9 Å². The van der Waals surface area contributed by atoms with Crippen molar-refractivity contribution in [3.63, 3.8) is 0 Å². The van der Waals surface area contributed by atoms with E-state index in [2.05, 4.69) is 0 Å². The number of aliphatic hydroxyl groups excluding tert-OH is 2. The van der Waals surface area contributed by atoms with Gasteiger partial charge >= 0.3 is 0 Å². The van der Waals surface area contributed by atoms with Crippen LogP contribution in [0.25, 0.3) is 0 Å². The highest BCUT2D eigenvalue weighted by Gasteiger charge is 1.93. The number of rotatable bonds is 4. The zero-order chi connectivity index (χ0) is 6.41. The minimum Gasteiger partial charge on any atom is -0.394 e. The Morgan fingerprint density at radius 3 is 2.62 bits per heavy atom. The van der Waals surface area contributed by atoms with Gasteiger partial charge in [-0.1, -0.05) is 0 Å². The van der Waals surface area contributed by atoms with Gasteiger partial charge in [0.05, 0.1) is 19.8 Å². The highest BCUT2D eigenvalue weighted by atomic mass is 16.5. The highest BCUT2D eigenvalue weighted by Crippen LogP contribution is 1.89. The molecular weight excluding hydrogens is 108 g/mol. The molecular formula is C5H11O3. The summed E-state index contributed by atoms with van der Waals surface area (Å²) in [7, 11) is 0. The number of hydrogen-bond donors (Lipinski definition) is 2. The first kappa shape index (κ1) is 7.88. The Kier molecular flexibility index (Phi) is 4.95. The van der Waals surface area contributed by atoms with Gasteiger partial charge in [0, 0.05) is 0 Å². The normalized spacial score (nSPS) is 10.5. The summed E-state index contributed by atoms with van der Waals surface area (Å²) in [6.45, 7) is 2.07. The molecule has 0 saturated heterocycles. The summed E-state index contributed by atoms with van der Waals surface area (Å²) in [6, 6.07) is 0. The van der Waals surface area contributed by atoms with Gasteiger partial charge in [-0.3, -0.25) is 0 Å². The fourth-order valence-electron chi connectivity index (χ4n) is 0.284. The second-order valence-corrected chi connectivity index (χ2v) is 1.51. The summed E-state index contributed by atoms with van der Waals surface area (Å²) < 4.78 is 4.71. The van der Waals surface area contributed by atoms with Crippen molar-refractivity contribution >= 4 is 0 Å². The van der Waals surface area contributed by atoms with Crippen molar-refractivity contribution in [2.24, 2.45) is 0 Å². The molecule has 0 aliphatic carbocycles. The maximum Gasteiger partial charge on any atom is 0.116 e. The summed E-state index contributed by atoms with van der Waals surface area (Å²) in [6.07, 6.45) is 0.235. The molecule has 3 nitrogen and oxygen atoms in total. The molecule has 2 N–H and O–H groups in total. The Bertz CT molecular complexity index is 44.9. The monoisotopic (exact) mass is 119 g/mol. The standard InChI is InChI=1S/C5H11O3/c1-5(7)4-8-3-2-6/h6-7H,2-4H2,1H3. The largest absolute Gasteiger partial charge is 0.394 e. The van der Waals surface area contributed by atoms with Crippen molar-refractivity contribution in [3.05, 3.63) is 6.10 Å². The van der Waals surface area contributed by atoms with Crippen LogP contribution in [-0.2, 0) is 4.74 Å². The van der Waals surface area contributed by atoms with E-state index in [1.165, 1.54) is 0 Å². The minimum atomic E-state index is 0.00722. The molecule has 0 amide bonds. The first-order valence-electron chi connectivity index (χ1n) is 2.47. The van der Waals surface area contributed by atoms with E-state index in [1.54, 1.807) is 6.92 Å². The topological polar surface area (TPSA) is 49.7 Å². The van der Waals surface area contributed by atoms with E-state index in [1.807, 2.05) is 0 Å². The third-order valence-corrected chi connectivity index (χ3v) is 0.547. The Morgan fingerprint density at radius 2 is 2.25 bits per heavy atom. The summed E-state index contributed by atoms with van der Waals surface area (Å²) in [4.78, 5) is 0. The average molecular weight is 119 g/mol. The van der Waals surface area contributed by atoms with Crippen molar-refractivity contribution in [1.82, 2.24) is 0 Å². The van der Waals surface area contributed by atoms with Gasteiger partial charge in [0.15, 0.2) is 0 Å². The zero-order valence-electron chi connectivity index (χ0n) is 4.92. The molecule has 0 aromatic carbocycles. The van der Waals surface area contributed by atoms with E-state index in [0.717, 1.165) is 0 Å². The van der Waals surface area contributed by atoms with Gasteiger partial charge in [0.1, 0.15) is 6.10 Å². The molecule has 49 valence electrons. The molecule has 0 atom stereocenters. The molecule has 0 heterocycles. The lowest BCUT2D eigenvalue weighted by molar-refractivity contribution is 0.0696. The first-order chi connectivity index (χ1) is 3.77. The second-order valence-electron chi connectivity index (χ2n) is 1.51. The van der Waals surface area contributed by atoms with Gasteiger partial charge in [0.2, 0.25) is 0 Å². The molecule has 0 aromatic rings. The zero-order valence-corrected chi connectivity index (χ0v) is 4.92. The van der Waals surface area contributed by atoms with Crippen LogP contribution in [0.1, 0.15) is 6.92 Å². The lowest BCUT2D eigenvalue weighted by Crippen LogP contribution is -2.05. The van der Waals surface area contributed by atoms with E-state index >= 15 is 0 Å². The third-order valence-electron chi connectivity index (χ3n) is 0.547. The minimum absolute atomic E-state index is 0.00722. The second kappa shape index (κ2) is 5.03. The molecule has 0 aromatic heterocycles. The smallest absolute Gasteiger partial charge is 0.116 e. The van der Waals surface area contributed by atoms with E-state index in [4.69, 9.17) is 14.9 Å². The molecule has 0 rings (SSSR count). The van der Waals surface area contributed by atoms with Crippen LogP contribution in [0.2, 0.25) is 0 Å². The van der Waals surface area contributed by atoms with E-state index in [9.17, 15) is 0 Å². The quantitative estimate of drug-likeness (QED) is 0.509. The third kappa shape index (κ3) is 5.88. The van der Waals surface area contributed by atoms with E-state index < -0.39 is 0 Å². The van der Waals surface area contributed by atoms with Crippen molar-refractivity contribution in [1.29, 1.82) is 0 Å². The predicted octanol–water partition coefficient (Wildman–Crippen LogP) is -0.0803. The summed E-state index contributed by atoms with van der Waals surface area (Å²) in [5, 5.41) is 16.7. The van der Waals surface area contributed by atoms with Crippen molar-refractivity contribution in [3.8, 4) is 0 Å². The van der Waals surface area contributed by atoms with E-state index in [-0.39, 0.29) is 25.9 Å². The summed E-state index contributed by atoms with van der Waals surface area (Å²) in [5.41, 5.74) is 0. The number of ether oxygens (including phenoxy) is 1. The van der Waals surface area contributed by atoms with E-state index in [0.29, 0.717) is 0 Å². The molecule has 0 spiro atoms. The molecule has 0 aliphatic heterocycles. The fourth-order valence-corrected chi connectivity index (χ4v) is 0.284.